The predicted octanol–water partition coefficient (Wildman–Crippen LogP) is 4.86. The second-order valence-electron chi connectivity index (χ2n) is 6.55. The van der Waals surface area contributed by atoms with Crippen LogP contribution in [0.1, 0.15) is 5.56 Å². The molecule has 0 aliphatic carbocycles. The number of methoxy groups -OCH3 is 1. The number of nitrogens with one attached hydrogen (secondary N) is 2. The Balaban J connectivity index is 1.62. The molecule has 0 aliphatic heterocycles. The number of nitro benzene ring substituents is 1. The molecule has 0 saturated heterocycles. The van der Waals surface area contributed by atoms with Gasteiger partial charge in [0, 0.05) is 17.8 Å². The van der Waals surface area contributed by atoms with E-state index in [1.807, 2.05) is 0 Å². The summed E-state index contributed by atoms with van der Waals surface area (Å²) in [6.07, 6.45) is 1.47. The van der Waals surface area contributed by atoms with Gasteiger partial charge < -0.3 is 14.8 Å². The quantitative estimate of drug-likeness (QED) is 0.261. The highest BCUT2D eigenvalue weighted by molar-refractivity contribution is 6.32. The first-order valence-corrected chi connectivity index (χ1v) is 9.83. The van der Waals surface area contributed by atoms with Gasteiger partial charge in [0.25, 0.3) is 11.6 Å². The van der Waals surface area contributed by atoms with Crippen LogP contribution in [0.25, 0.3) is 0 Å². The van der Waals surface area contributed by atoms with Crippen LogP contribution in [0.3, 0.4) is 0 Å². The zero-order valence-corrected chi connectivity index (χ0v) is 18.0. The highest BCUT2D eigenvalue weighted by Crippen LogP contribution is 2.36. The normalized spacial score (nSPS) is 10.6. The molecular formula is C22H18ClFN4O5. The third-order valence-corrected chi connectivity index (χ3v) is 4.49. The molecule has 11 heteroatoms. The number of benzene rings is 3. The van der Waals surface area contributed by atoms with Gasteiger partial charge in [0.1, 0.15) is 5.82 Å². The summed E-state index contributed by atoms with van der Waals surface area (Å²) in [6.45, 7) is -0.345. The Morgan fingerprint density at radius 2 is 1.82 bits per heavy atom. The summed E-state index contributed by atoms with van der Waals surface area (Å²) >= 11 is 6.29. The zero-order chi connectivity index (χ0) is 23.8. The Labute approximate surface area is 192 Å². The molecule has 33 heavy (non-hydrogen) atoms. The molecule has 9 nitrogen and oxygen atoms in total. The topological polar surface area (TPSA) is 115 Å². The molecule has 0 aromatic heterocycles. The number of carbonyl (C=O) groups excluding carboxylic acids is 1. The average molecular weight is 473 g/mol. The fourth-order valence-corrected chi connectivity index (χ4v) is 2.94. The van der Waals surface area contributed by atoms with Crippen molar-refractivity contribution in [2.75, 3.05) is 24.5 Å². The molecular weight excluding hydrogens is 455 g/mol. The number of halogens is 2. The lowest BCUT2D eigenvalue weighted by atomic mass is 10.2. The molecule has 0 fully saturated rings. The third kappa shape index (κ3) is 6.65. The van der Waals surface area contributed by atoms with Crippen LogP contribution in [0, 0.1) is 15.9 Å². The molecule has 3 aromatic carbocycles. The summed E-state index contributed by atoms with van der Waals surface area (Å²) in [5.41, 5.74) is 4.29. The smallest absolute Gasteiger partial charge is 0.269 e. The zero-order valence-electron chi connectivity index (χ0n) is 17.2. The number of hydrogen-bond acceptors (Lipinski definition) is 7. The first-order valence-electron chi connectivity index (χ1n) is 9.45. The standard InChI is InChI=1S/C22H18ClFN4O5/c1-32-20-11-14(12-25-27-17-6-8-18(9-7-17)28(30)31)10-19(23)22(20)33-13-21(29)26-16-4-2-15(24)3-5-16/h2-12,27H,13H2,1H3,(H,26,29)/b25-12+. The first-order chi connectivity index (χ1) is 15.9. The van der Waals surface area contributed by atoms with Crippen molar-refractivity contribution in [3.63, 3.8) is 0 Å². The van der Waals surface area contributed by atoms with E-state index in [-0.39, 0.29) is 28.8 Å². The Kier molecular flexibility index (Phi) is 7.77. The van der Waals surface area contributed by atoms with Crippen LogP contribution in [0.15, 0.2) is 65.8 Å². The SMILES string of the molecule is COc1cc(/C=N/Nc2ccc([N+](=O)[O-])cc2)cc(Cl)c1OCC(=O)Nc1ccc(F)cc1. The van der Waals surface area contributed by atoms with Crippen molar-refractivity contribution < 1.29 is 23.6 Å². The monoisotopic (exact) mass is 472 g/mol. The Morgan fingerprint density at radius 3 is 2.45 bits per heavy atom. The van der Waals surface area contributed by atoms with Crippen LogP contribution in [0.4, 0.5) is 21.5 Å². The highest BCUT2D eigenvalue weighted by Gasteiger charge is 2.14. The average Bonchev–Trinajstić information content (AvgIpc) is 2.80. The molecule has 2 N–H and O–H groups in total. The number of carbonyl (C=O) groups is 1. The summed E-state index contributed by atoms with van der Waals surface area (Å²) in [7, 11) is 1.42. The molecule has 0 heterocycles. The van der Waals surface area contributed by atoms with Gasteiger partial charge in [-0.15, -0.1) is 0 Å². The number of ether oxygens (including phenoxy) is 2. The largest absolute Gasteiger partial charge is 0.493 e. The van der Waals surface area contributed by atoms with Crippen LogP contribution in [-0.2, 0) is 4.79 Å². The van der Waals surface area contributed by atoms with E-state index in [2.05, 4.69) is 15.8 Å². The summed E-state index contributed by atoms with van der Waals surface area (Å²) in [5.74, 6) is -0.409. The molecule has 0 atom stereocenters. The van der Waals surface area contributed by atoms with Crippen LogP contribution in [-0.4, -0.2) is 30.8 Å². The van der Waals surface area contributed by atoms with Gasteiger partial charge >= 0.3 is 0 Å². The van der Waals surface area contributed by atoms with Gasteiger partial charge in [0.2, 0.25) is 0 Å². The number of anilines is 2. The minimum atomic E-state index is -0.489. The highest BCUT2D eigenvalue weighted by atomic mass is 35.5. The maximum Gasteiger partial charge on any atom is 0.269 e. The maximum absolute atomic E-state index is 13.0. The van der Waals surface area contributed by atoms with Gasteiger partial charge in [0.05, 0.1) is 29.0 Å². The lowest BCUT2D eigenvalue weighted by molar-refractivity contribution is -0.384. The number of nitrogens with zero attached hydrogens (tertiary/aromatic N) is 2. The van der Waals surface area contributed by atoms with Crippen LogP contribution in [0.5, 0.6) is 11.5 Å². The number of amides is 1. The van der Waals surface area contributed by atoms with Crippen molar-refractivity contribution in [1.29, 1.82) is 0 Å². The fourth-order valence-electron chi connectivity index (χ4n) is 2.66. The molecule has 0 unspecified atom stereocenters. The van der Waals surface area contributed by atoms with Gasteiger partial charge in [-0.1, -0.05) is 11.6 Å². The maximum atomic E-state index is 13.0. The number of nitro groups is 1. The summed E-state index contributed by atoms with van der Waals surface area (Å²) in [6, 6.07) is 14.3. The molecule has 1 amide bonds. The molecule has 0 bridgehead atoms. The van der Waals surface area contributed by atoms with Crippen molar-refractivity contribution in [1.82, 2.24) is 0 Å². The van der Waals surface area contributed by atoms with Crippen molar-refractivity contribution in [2.45, 2.75) is 0 Å². The lowest BCUT2D eigenvalue weighted by Gasteiger charge is -2.13. The molecule has 170 valence electrons. The van der Waals surface area contributed by atoms with E-state index >= 15 is 0 Å². The van der Waals surface area contributed by atoms with Crippen LogP contribution in [0.2, 0.25) is 5.02 Å². The molecule has 0 aliphatic rings. The van der Waals surface area contributed by atoms with Crippen LogP contribution >= 0.6 is 11.6 Å². The lowest BCUT2D eigenvalue weighted by Crippen LogP contribution is -2.20. The summed E-state index contributed by atoms with van der Waals surface area (Å²) in [5, 5.41) is 17.5. The number of hydrazone groups is 1. The fraction of sp³-hybridized carbons (Fsp3) is 0.0909. The van der Waals surface area contributed by atoms with Gasteiger partial charge in [-0.2, -0.15) is 5.10 Å². The van der Waals surface area contributed by atoms with Gasteiger partial charge in [-0.25, -0.2) is 4.39 Å². The second-order valence-corrected chi connectivity index (χ2v) is 6.96. The summed E-state index contributed by atoms with van der Waals surface area (Å²) in [4.78, 5) is 22.3. The molecule has 0 spiro atoms. The summed E-state index contributed by atoms with van der Waals surface area (Å²) < 4.78 is 23.8. The van der Waals surface area contributed by atoms with Crippen molar-refractivity contribution in [2.24, 2.45) is 5.10 Å². The van der Waals surface area contributed by atoms with Gasteiger partial charge in [0.15, 0.2) is 18.1 Å². The van der Waals surface area contributed by atoms with Crippen molar-refractivity contribution >= 4 is 40.8 Å². The van der Waals surface area contributed by atoms with E-state index in [4.69, 9.17) is 21.1 Å². The van der Waals surface area contributed by atoms with E-state index in [1.54, 1.807) is 12.1 Å². The number of non-ortho nitro benzene ring substituents is 1. The first kappa shape index (κ1) is 23.5. The van der Waals surface area contributed by atoms with Gasteiger partial charge in [-0.3, -0.25) is 20.3 Å². The molecule has 0 radical (unpaired) electrons. The van der Waals surface area contributed by atoms with E-state index in [9.17, 15) is 19.3 Å². The number of rotatable bonds is 9. The Bertz CT molecular complexity index is 1170. The minimum Gasteiger partial charge on any atom is -0.493 e. The van der Waals surface area contributed by atoms with E-state index in [1.165, 1.54) is 61.9 Å². The minimum absolute atomic E-state index is 0.0250. The predicted molar refractivity (Wildman–Crippen MR) is 123 cm³/mol. The third-order valence-electron chi connectivity index (χ3n) is 4.21. The number of hydrogen-bond donors (Lipinski definition) is 2. The van der Waals surface area contributed by atoms with E-state index in [0.717, 1.165) is 0 Å². The molecule has 0 saturated carbocycles. The molecule has 3 aromatic rings. The van der Waals surface area contributed by atoms with Crippen molar-refractivity contribution in [3.8, 4) is 11.5 Å². The van der Waals surface area contributed by atoms with Crippen molar-refractivity contribution in [3.05, 3.63) is 87.2 Å². The van der Waals surface area contributed by atoms with Gasteiger partial charge in [-0.05, 0) is 54.1 Å². The second kappa shape index (κ2) is 10.9. The van der Waals surface area contributed by atoms with E-state index in [0.29, 0.717) is 16.9 Å². The Hall–Kier alpha value is -4.18. The Morgan fingerprint density at radius 1 is 1.15 bits per heavy atom. The van der Waals surface area contributed by atoms with E-state index < -0.39 is 16.6 Å². The van der Waals surface area contributed by atoms with Crippen LogP contribution < -0.4 is 20.2 Å². The molecule has 3 rings (SSSR count).